The quantitative estimate of drug-likeness (QED) is 0.310. The van der Waals surface area contributed by atoms with Gasteiger partial charge in [0.05, 0.1) is 0 Å². The maximum atomic E-state index is 14.4. The number of tetrazole rings is 1. The van der Waals surface area contributed by atoms with Crippen LogP contribution in [-0.2, 0) is 16.1 Å². The van der Waals surface area contributed by atoms with E-state index in [9.17, 15) is 19.1 Å². The Hall–Kier alpha value is -4.31. The molecule has 0 spiro atoms. The number of hydrogen-bond donors (Lipinski definition) is 2. The lowest BCUT2D eigenvalue weighted by atomic mass is 9.94. The van der Waals surface area contributed by atoms with Crippen LogP contribution in [0.15, 0.2) is 72.8 Å². The van der Waals surface area contributed by atoms with Gasteiger partial charge in [-0.05, 0) is 78.2 Å². The minimum Gasteiger partial charge on any atom is -0.508 e. The number of anilines is 1. The Kier molecular flexibility index (Phi) is 8.35. The zero-order valence-corrected chi connectivity index (χ0v) is 22.3. The van der Waals surface area contributed by atoms with Gasteiger partial charge in [0.2, 0.25) is 11.7 Å². The topological polar surface area (TPSA) is 113 Å². The Morgan fingerprint density at radius 3 is 2.48 bits per heavy atom. The van der Waals surface area contributed by atoms with Crippen molar-refractivity contribution in [1.82, 2.24) is 25.5 Å². The van der Waals surface area contributed by atoms with Crippen molar-refractivity contribution >= 4 is 29.1 Å². The van der Waals surface area contributed by atoms with Gasteiger partial charge in [0.15, 0.2) is 0 Å². The second-order valence-electron chi connectivity index (χ2n) is 9.73. The third kappa shape index (κ3) is 6.45. The molecule has 1 saturated carbocycles. The second kappa shape index (κ2) is 12.3. The normalized spacial score (nSPS) is 14.4. The number of nitrogens with one attached hydrogen (secondary N) is 1. The molecule has 1 fully saturated rings. The lowest BCUT2D eigenvalue weighted by molar-refractivity contribution is -0.127. The molecule has 1 aliphatic rings. The van der Waals surface area contributed by atoms with Crippen LogP contribution < -0.4 is 10.2 Å². The molecule has 0 radical (unpaired) electrons. The van der Waals surface area contributed by atoms with Gasteiger partial charge in [-0.1, -0.05) is 49.1 Å². The summed E-state index contributed by atoms with van der Waals surface area (Å²) in [5.41, 5.74) is 1.32. The van der Waals surface area contributed by atoms with E-state index in [0.717, 1.165) is 36.9 Å². The molecular formula is C29H28ClFN6O3. The Bertz CT molecular complexity index is 1470. The second-order valence-corrected chi connectivity index (χ2v) is 10.2. The lowest BCUT2D eigenvalue weighted by Crippen LogP contribution is -2.48. The molecule has 1 atom stereocenters. The SMILES string of the molecule is O=C(NC1CCCCC1)[C@@H](c1ccc(O)cc1)N(C(=O)Cn1nnc(-c2ccc(Cl)cc2)n1)c1cccc(F)c1. The summed E-state index contributed by atoms with van der Waals surface area (Å²) in [6.45, 7) is -0.359. The minimum absolute atomic E-state index is 0.0142. The molecule has 2 N–H and O–H groups in total. The van der Waals surface area contributed by atoms with Gasteiger partial charge in [-0.15, -0.1) is 10.2 Å². The van der Waals surface area contributed by atoms with Crippen LogP contribution >= 0.6 is 11.6 Å². The molecule has 206 valence electrons. The molecule has 5 rings (SSSR count). The van der Waals surface area contributed by atoms with E-state index in [1.54, 1.807) is 42.5 Å². The van der Waals surface area contributed by atoms with Crippen LogP contribution in [0.5, 0.6) is 5.75 Å². The van der Waals surface area contributed by atoms with Gasteiger partial charge in [-0.2, -0.15) is 4.80 Å². The van der Waals surface area contributed by atoms with Gasteiger partial charge in [0.1, 0.15) is 24.2 Å². The summed E-state index contributed by atoms with van der Waals surface area (Å²) in [5, 5.41) is 25.9. The summed E-state index contributed by atoms with van der Waals surface area (Å²) >= 11 is 5.97. The molecule has 11 heteroatoms. The highest BCUT2D eigenvalue weighted by atomic mass is 35.5. The lowest BCUT2D eigenvalue weighted by Gasteiger charge is -2.33. The van der Waals surface area contributed by atoms with E-state index in [2.05, 4.69) is 20.7 Å². The maximum absolute atomic E-state index is 14.4. The zero-order valence-electron chi connectivity index (χ0n) is 21.6. The maximum Gasteiger partial charge on any atom is 0.251 e. The fourth-order valence-electron chi connectivity index (χ4n) is 4.89. The molecule has 0 unspecified atom stereocenters. The molecule has 0 saturated heterocycles. The average Bonchev–Trinajstić information content (AvgIpc) is 3.41. The standard InChI is InChI=1S/C29H28ClFN6O3/c30-21-13-9-20(10-14-21)28-33-35-36(34-28)18-26(39)37(24-8-4-5-22(31)17-24)27(19-11-15-25(38)16-12-19)29(40)32-23-6-2-1-3-7-23/h4-5,8-17,23,27,38H,1-3,6-7,18H2,(H,32,40)/t27-/m1/s1. The van der Waals surface area contributed by atoms with Gasteiger partial charge in [-0.3, -0.25) is 14.5 Å². The molecule has 2 amide bonds. The number of amides is 2. The fraction of sp³-hybridized carbons (Fsp3) is 0.276. The first-order valence-electron chi connectivity index (χ1n) is 13.1. The number of aromatic hydroxyl groups is 1. The summed E-state index contributed by atoms with van der Waals surface area (Å²) < 4.78 is 14.4. The van der Waals surface area contributed by atoms with Crippen LogP contribution in [0.4, 0.5) is 10.1 Å². The highest BCUT2D eigenvalue weighted by molar-refractivity contribution is 6.30. The summed E-state index contributed by atoms with van der Waals surface area (Å²) in [7, 11) is 0. The number of hydrogen-bond acceptors (Lipinski definition) is 6. The Morgan fingerprint density at radius 2 is 1.77 bits per heavy atom. The van der Waals surface area contributed by atoms with Gasteiger partial charge < -0.3 is 10.4 Å². The highest BCUT2D eigenvalue weighted by Crippen LogP contribution is 2.31. The highest BCUT2D eigenvalue weighted by Gasteiger charge is 2.34. The monoisotopic (exact) mass is 562 g/mol. The summed E-state index contributed by atoms with van der Waals surface area (Å²) in [6.07, 6.45) is 4.83. The molecule has 1 heterocycles. The molecule has 1 aromatic heterocycles. The van der Waals surface area contributed by atoms with Gasteiger partial charge in [0, 0.05) is 22.3 Å². The van der Waals surface area contributed by atoms with Crippen molar-refractivity contribution in [3.8, 4) is 17.1 Å². The number of rotatable bonds is 8. The van der Waals surface area contributed by atoms with E-state index in [0.29, 0.717) is 22.0 Å². The average molecular weight is 563 g/mol. The van der Waals surface area contributed by atoms with Crippen LogP contribution in [-0.4, -0.2) is 43.2 Å². The first-order chi connectivity index (χ1) is 19.4. The zero-order chi connectivity index (χ0) is 28.1. The number of phenolic OH excluding ortho intramolecular Hbond substituents is 1. The van der Waals surface area contributed by atoms with Crippen molar-refractivity contribution < 1.29 is 19.1 Å². The third-order valence-corrected chi connectivity index (χ3v) is 7.11. The van der Waals surface area contributed by atoms with Crippen molar-refractivity contribution in [2.24, 2.45) is 0 Å². The van der Waals surface area contributed by atoms with Gasteiger partial charge >= 0.3 is 0 Å². The van der Waals surface area contributed by atoms with E-state index in [1.165, 1.54) is 35.2 Å². The molecule has 4 aromatic rings. The number of aromatic nitrogens is 4. The molecule has 40 heavy (non-hydrogen) atoms. The number of halogens is 2. The van der Waals surface area contributed by atoms with Crippen molar-refractivity contribution in [2.45, 2.75) is 50.7 Å². The first-order valence-corrected chi connectivity index (χ1v) is 13.5. The largest absolute Gasteiger partial charge is 0.508 e. The molecule has 9 nitrogen and oxygen atoms in total. The van der Waals surface area contributed by atoms with Crippen molar-refractivity contribution in [3.63, 3.8) is 0 Å². The van der Waals surface area contributed by atoms with E-state index in [-0.39, 0.29) is 24.0 Å². The van der Waals surface area contributed by atoms with Crippen LogP contribution in [0.1, 0.15) is 43.7 Å². The number of carbonyl (C=O) groups excluding carboxylic acids is 2. The van der Waals surface area contributed by atoms with Crippen LogP contribution in [0.25, 0.3) is 11.4 Å². The minimum atomic E-state index is -1.14. The summed E-state index contributed by atoms with van der Waals surface area (Å²) in [5.74, 6) is -1.20. The van der Waals surface area contributed by atoms with E-state index in [1.807, 2.05) is 0 Å². The Balaban J connectivity index is 1.50. The van der Waals surface area contributed by atoms with E-state index in [4.69, 9.17) is 11.6 Å². The van der Waals surface area contributed by atoms with E-state index < -0.39 is 23.7 Å². The van der Waals surface area contributed by atoms with Gasteiger partial charge in [-0.25, -0.2) is 4.39 Å². The first kappa shape index (κ1) is 27.3. The predicted molar refractivity (Wildman–Crippen MR) is 148 cm³/mol. The van der Waals surface area contributed by atoms with Gasteiger partial charge in [0.25, 0.3) is 5.91 Å². The Labute approximate surface area is 235 Å². The smallest absolute Gasteiger partial charge is 0.251 e. The fourth-order valence-corrected chi connectivity index (χ4v) is 5.01. The van der Waals surface area contributed by atoms with Crippen LogP contribution in [0, 0.1) is 5.82 Å². The van der Waals surface area contributed by atoms with Crippen molar-refractivity contribution in [2.75, 3.05) is 4.90 Å². The molecule has 0 bridgehead atoms. The number of benzene rings is 3. The predicted octanol–water partition coefficient (Wildman–Crippen LogP) is 5.06. The van der Waals surface area contributed by atoms with Crippen LogP contribution in [0.3, 0.4) is 0 Å². The Morgan fingerprint density at radius 1 is 1.05 bits per heavy atom. The van der Waals surface area contributed by atoms with E-state index >= 15 is 0 Å². The number of nitrogens with zero attached hydrogens (tertiary/aromatic N) is 5. The molecule has 1 aliphatic carbocycles. The van der Waals surface area contributed by atoms with Crippen molar-refractivity contribution in [3.05, 3.63) is 89.2 Å². The third-order valence-electron chi connectivity index (χ3n) is 6.85. The summed E-state index contributed by atoms with van der Waals surface area (Å²) in [4.78, 5) is 30.1. The molecular weight excluding hydrogens is 535 g/mol. The molecule has 3 aromatic carbocycles. The number of carbonyl (C=O) groups is 2. The van der Waals surface area contributed by atoms with Crippen molar-refractivity contribution in [1.29, 1.82) is 0 Å². The molecule has 0 aliphatic heterocycles. The summed E-state index contributed by atoms with van der Waals surface area (Å²) in [6, 6.07) is 17.3. The van der Waals surface area contributed by atoms with Crippen LogP contribution in [0.2, 0.25) is 5.02 Å². The number of phenols is 1.